The van der Waals surface area contributed by atoms with Crippen LogP contribution in [0.3, 0.4) is 0 Å². The van der Waals surface area contributed by atoms with Crippen LogP contribution in [0.2, 0.25) is 0 Å². The zero-order chi connectivity index (χ0) is 22.9. The quantitative estimate of drug-likeness (QED) is 0.576. The number of carbonyl (C=O) groups excluding carboxylic acids is 4. The molecule has 7 nitrogen and oxygen atoms in total. The average Bonchev–Trinajstić information content (AvgIpc) is 3.05. The van der Waals surface area contributed by atoms with Gasteiger partial charge in [-0.05, 0) is 55.4 Å². The first-order valence-corrected chi connectivity index (χ1v) is 10.8. The van der Waals surface area contributed by atoms with Crippen molar-refractivity contribution in [1.82, 2.24) is 10.2 Å². The summed E-state index contributed by atoms with van der Waals surface area (Å²) in [4.78, 5) is 52.4. The van der Waals surface area contributed by atoms with Gasteiger partial charge in [-0.25, -0.2) is 4.79 Å². The summed E-state index contributed by atoms with van der Waals surface area (Å²) in [6.07, 6.45) is 2.61. The van der Waals surface area contributed by atoms with Crippen molar-refractivity contribution in [3.8, 4) is 0 Å². The maximum absolute atomic E-state index is 13.1. The van der Waals surface area contributed by atoms with Crippen LogP contribution in [0.15, 0.2) is 48.5 Å². The Hall–Kier alpha value is -3.48. The molecule has 7 heteroatoms. The third-order valence-corrected chi connectivity index (χ3v) is 6.47. The van der Waals surface area contributed by atoms with E-state index in [4.69, 9.17) is 4.74 Å². The van der Waals surface area contributed by atoms with Gasteiger partial charge in [-0.15, -0.1) is 0 Å². The van der Waals surface area contributed by atoms with Crippen LogP contribution < -0.4 is 5.32 Å². The number of nitrogens with one attached hydrogen (secondary N) is 1. The Kier molecular flexibility index (Phi) is 5.82. The zero-order valence-corrected chi connectivity index (χ0v) is 18.2. The lowest BCUT2D eigenvalue weighted by Gasteiger charge is -2.37. The maximum atomic E-state index is 13.1. The highest BCUT2D eigenvalue weighted by Crippen LogP contribution is 2.33. The van der Waals surface area contributed by atoms with Crippen LogP contribution in [0.4, 0.5) is 0 Å². The highest BCUT2D eigenvalue weighted by molar-refractivity contribution is 6.22. The van der Waals surface area contributed by atoms with Gasteiger partial charge in [0.15, 0.2) is 0 Å². The van der Waals surface area contributed by atoms with Gasteiger partial charge in [-0.2, -0.15) is 0 Å². The van der Waals surface area contributed by atoms with Gasteiger partial charge in [0.1, 0.15) is 5.54 Å². The van der Waals surface area contributed by atoms with Crippen molar-refractivity contribution in [2.45, 2.75) is 44.7 Å². The molecule has 1 fully saturated rings. The van der Waals surface area contributed by atoms with Crippen molar-refractivity contribution >= 4 is 23.7 Å². The number of ether oxygens (including phenoxy) is 1. The smallest absolute Gasteiger partial charge is 0.331 e. The Morgan fingerprint density at radius 2 is 1.69 bits per heavy atom. The van der Waals surface area contributed by atoms with E-state index in [1.165, 1.54) is 30.2 Å². The summed E-state index contributed by atoms with van der Waals surface area (Å²) in [5.41, 5.74) is 0.468. The van der Waals surface area contributed by atoms with Crippen LogP contribution >= 0.6 is 0 Å². The number of carbonyl (C=O) groups is 4. The Bertz CT molecular complexity index is 1070. The minimum atomic E-state index is -1.07. The highest BCUT2D eigenvalue weighted by atomic mass is 16.5. The minimum absolute atomic E-state index is 0.165. The van der Waals surface area contributed by atoms with Crippen molar-refractivity contribution in [1.29, 1.82) is 0 Å². The standard InChI is InChI=1S/C25H26N2O5/c1-16-10-12-25(13-11-16,24(31)32-2)26-21(28)18-8-9-19-20(14-18)23(30)27(22(19)29)15-17-6-4-3-5-7-17/h3-9,14,16H,10-13,15H2,1-2H3,(H,26,28). The molecule has 2 aromatic carbocycles. The van der Waals surface area contributed by atoms with Gasteiger partial charge < -0.3 is 10.1 Å². The largest absolute Gasteiger partial charge is 0.467 e. The molecule has 1 heterocycles. The molecule has 0 atom stereocenters. The molecule has 2 aromatic rings. The number of hydrogen-bond donors (Lipinski definition) is 1. The molecule has 3 amide bonds. The lowest BCUT2D eigenvalue weighted by Crippen LogP contribution is -2.56. The summed E-state index contributed by atoms with van der Waals surface area (Å²) in [5.74, 6) is -1.26. The molecule has 0 aromatic heterocycles. The van der Waals surface area contributed by atoms with E-state index in [0.29, 0.717) is 18.8 Å². The van der Waals surface area contributed by atoms with E-state index in [-0.39, 0.29) is 29.1 Å². The number of imide groups is 1. The highest BCUT2D eigenvalue weighted by Gasteiger charge is 2.44. The number of amides is 3. The second-order valence-corrected chi connectivity index (χ2v) is 8.65. The fourth-order valence-corrected chi connectivity index (χ4v) is 4.46. The van der Waals surface area contributed by atoms with E-state index >= 15 is 0 Å². The Morgan fingerprint density at radius 3 is 2.34 bits per heavy atom. The number of hydrogen-bond acceptors (Lipinski definition) is 5. The maximum Gasteiger partial charge on any atom is 0.331 e. The van der Waals surface area contributed by atoms with Crippen molar-refractivity contribution in [2.24, 2.45) is 5.92 Å². The summed E-state index contributed by atoms with van der Waals surface area (Å²) in [5, 5.41) is 2.86. The fraction of sp³-hybridized carbons (Fsp3) is 0.360. The molecule has 1 aliphatic carbocycles. The predicted octanol–water partition coefficient (Wildman–Crippen LogP) is 3.33. The van der Waals surface area contributed by atoms with Gasteiger partial charge in [-0.1, -0.05) is 37.3 Å². The Balaban J connectivity index is 1.56. The third-order valence-electron chi connectivity index (χ3n) is 6.47. The number of methoxy groups -OCH3 is 1. The third kappa shape index (κ3) is 3.90. The Labute approximate surface area is 186 Å². The van der Waals surface area contributed by atoms with E-state index < -0.39 is 23.3 Å². The molecule has 0 unspecified atom stereocenters. The first kappa shape index (κ1) is 21.7. The van der Waals surface area contributed by atoms with Gasteiger partial charge >= 0.3 is 5.97 Å². The topological polar surface area (TPSA) is 92.8 Å². The average molecular weight is 434 g/mol. The van der Waals surface area contributed by atoms with E-state index in [0.717, 1.165) is 18.4 Å². The number of fused-ring (bicyclic) bond motifs is 1. The molecule has 0 spiro atoms. The number of esters is 1. The summed E-state index contributed by atoms with van der Waals surface area (Å²) in [7, 11) is 1.31. The zero-order valence-electron chi connectivity index (χ0n) is 18.2. The van der Waals surface area contributed by atoms with E-state index in [2.05, 4.69) is 12.2 Å². The molecule has 0 bridgehead atoms. The molecule has 32 heavy (non-hydrogen) atoms. The second-order valence-electron chi connectivity index (χ2n) is 8.65. The molecule has 0 radical (unpaired) electrons. The molecule has 1 N–H and O–H groups in total. The van der Waals surface area contributed by atoms with Crippen molar-refractivity contribution < 1.29 is 23.9 Å². The SMILES string of the molecule is COC(=O)C1(NC(=O)c2ccc3c(c2)C(=O)N(Cc2ccccc2)C3=O)CCC(C)CC1. The van der Waals surface area contributed by atoms with Gasteiger partial charge in [0.05, 0.1) is 24.8 Å². The summed E-state index contributed by atoms with van der Waals surface area (Å²) in [6.45, 7) is 2.28. The lowest BCUT2D eigenvalue weighted by atomic mass is 9.77. The summed E-state index contributed by atoms with van der Waals surface area (Å²) >= 11 is 0. The fourth-order valence-electron chi connectivity index (χ4n) is 4.46. The van der Waals surface area contributed by atoms with Crippen LogP contribution in [-0.4, -0.2) is 41.2 Å². The van der Waals surface area contributed by atoms with Gasteiger partial charge in [0, 0.05) is 5.56 Å². The van der Waals surface area contributed by atoms with Crippen LogP contribution in [0.25, 0.3) is 0 Å². The van der Waals surface area contributed by atoms with Gasteiger partial charge in [-0.3, -0.25) is 19.3 Å². The molecule has 4 rings (SSSR count). The first-order valence-electron chi connectivity index (χ1n) is 10.8. The van der Waals surface area contributed by atoms with Crippen molar-refractivity contribution in [2.75, 3.05) is 7.11 Å². The van der Waals surface area contributed by atoms with Crippen LogP contribution in [0.1, 0.15) is 69.2 Å². The van der Waals surface area contributed by atoms with E-state index in [1.54, 1.807) is 0 Å². The molecule has 0 saturated heterocycles. The van der Waals surface area contributed by atoms with E-state index in [1.807, 2.05) is 30.3 Å². The molecular weight excluding hydrogens is 408 g/mol. The first-order chi connectivity index (χ1) is 15.3. The number of nitrogens with zero attached hydrogens (tertiary/aromatic N) is 1. The molecule has 1 aliphatic heterocycles. The number of rotatable bonds is 5. The van der Waals surface area contributed by atoms with Gasteiger partial charge in [0.2, 0.25) is 0 Å². The Morgan fingerprint density at radius 1 is 1.03 bits per heavy atom. The monoisotopic (exact) mass is 434 g/mol. The van der Waals surface area contributed by atoms with Gasteiger partial charge in [0.25, 0.3) is 17.7 Å². The second kappa shape index (κ2) is 8.57. The van der Waals surface area contributed by atoms with Crippen molar-refractivity contribution in [3.63, 3.8) is 0 Å². The van der Waals surface area contributed by atoms with E-state index in [9.17, 15) is 19.2 Å². The lowest BCUT2D eigenvalue weighted by molar-refractivity contribution is -0.150. The van der Waals surface area contributed by atoms with Crippen molar-refractivity contribution in [3.05, 3.63) is 70.8 Å². The molecule has 1 saturated carbocycles. The van der Waals surface area contributed by atoms with Crippen LogP contribution in [-0.2, 0) is 16.1 Å². The molecule has 2 aliphatic rings. The van der Waals surface area contributed by atoms with Crippen LogP contribution in [0.5, 0.6) is 0 Å². The number of benzene rings is 2. The summed E-state index contributed by atoms with van der Waals surface area (Å²) < 4.78 is 4.98. The van der Waals surface area contributed by atoms with Crippen LogP contribution in [0, 0.1) is 5.92 Å². The molecular formula is C25H26N2O5. The normalized spacial score (nSPS) is 22.4. The predicted molar refractivity (Wildman–Crippen MR) is 117 cm³/mol. The summed E-state index contributed by atoms with van der Waals surface area (Å²) in [6, 6.07) is 13.7. The minimum Gasteiger partial charge on any atom is -0.467 e. The molecule has 166 valence electrons.